The summed E-state index contributed by atoms with van der Waals surface area (Å²) in [4.78, 5) is 14.2. The molecule has 106 valence electrons. The highest BCUT2D eigenvalue weighted by molar-refractivity contribution is 5.99. The van der Waals surface area contributed by atoms with Crippen molar-refractivity contribution in [1.29, 1.82) is 0 Å². The number of hydrogen-bond acceptors (Lipinski definition) is 2. The van der Waals surface area contributed by atoms with Crippen molar-refractivity contribution in [1.82, 2.24) is 0 Å². The number of hydrogen-bond donors (Lipinski definition) is 0. The van der Waals surface area contributed by atoms with Crippen molar-refractivity contribution in [3.63, 3.8) is 0 Å². The van der Waals surface area contributed by atoms with Gasteiger partial charge < -0.3 is 4.90 Å². The van der Waals surface area contributed by atoms with E-state index in [0.717, 1.165) is 30.6 Å². The van der Waals surface area contributed by atoms with Gasteiger partial charge in [-0.2, -0.15) is 0 Å². The van der Waals surface area contributed by atoms with Gasteiger partial charge in [0.2, 0.25) is 0 Å². The predicted octanol–water partition coefficient (Wildman–Crippen LogP) is 4.54. The Morgan fingerprint density at radius 2 is 1.74 bits per heavy atom. The molecule has 1 rings (SSSR count). The zero-order chi connectivity index (χ0) is 14.4. The van der Waals surface area contributed by atoms with E-state index < -0.39 is 0 Å². The lowest BCUT2D eigenvalue weighted by Crippen LogP contribution is -2.38. The van der Waals surface area contributed by atoms with Crippen molar-refractivity contribution in [3.05, 3.63) is 29.8 Å². The molecule has 0 bridgehead atoms. The van der Waals surface area contributed by atoms with Crippen LogP contribution in [0.3, 0.4) is 0 Å². The third kappa shape index (κ3) is 4.09. The number of nitrogens with zero attached hydrogens (tertiary/aromatic N) is 1. The van der Waals surface area contributed by atoms with Gasteiger partial charge in [0, 0.05) is 23.8 Å². The minimum Gasteiger partial charge on any atom is -0.368 e. The van der Waals surface area contributed by atoms with Crippen LogP contribution in [0.15, 0.2) is 24.3 Å². The van der Waals surface area contributed by atoms with Gasteiger partial charge in [0.05, 0.1) is 0 Å². The molecule has 0 fully saturated rings. The summed E-state index contributed by atoms with van der Waals surface area (Å²) < 4.78 is 0. The number of rotatable bonds is 7. The maximum Gasteiger partial charge on any atom is 0.161 e. The summed E-state index contributed by atoms with van der Waals surface area (Å²) in [5, 5.41) is 0. The molecule has 0 spiro atoms. The average Bonchev–Trinajstić information content (AvgIpc) is 2.38. The van der Waals surface area contributed by atoms with E-state index in [1.54, 1.807) is 6.92 Å². The van der Waals surface area contributed by atoms with E-state index in [0.29, 0.717) is 12.0 Å². The van der Waals surface area contributed by atoms with Crippen molar-refractivity contribution in [3.8, 4) is 0 Å². The van der Waals surface area contributed by atoms with Crippen molar-refractivity contribution >= 4 is 11.5 Å². The number of ketones is 1. The number of carbonyl (C=O) groups excluding carboxylic acids is 1. The van der Waals surface area contributed by atoms with E-state index in [-0.39, 0.29) is 5.78 Å². The van der Waals surface area contributed by atoms with Crippen LogP contribution in [-0.2, 0) is 0 Å². The first-order chi connectivity index (χ1) is 9.01. The predicted molar refractivity (Wildman–Crippen MR) is 83.0 cm³/mol. The summed E-state index contributed by atoms with van der Waals surface area (Å²) >= 11 is 0. The molecule has 0 unspecified atom stereocenters. The van der Waals surface area contributed by atoms with Gasteiger partial charge in [0.1, 0.15) is 0 Å². The molecule has 0 radical (unpaired) electrons. The fraction of sp³-hybridized carbons (Fsp3) is 0.588. The Bertz CT molecular complexity index is 407. The van der Waals surface area contributed by atoms with E-state index in [2.05, 4.69) is 38.7 Å². The molecule has 0 aliphatic carbocycles. The highest BCUT2D eigenvalue weighted by Crippen LogP contribution is 2.26. The number of benzene rings is 1. The molecule has 0 aromatic heterocycles. The molecule has 0 saturated carbocycles. The largest absolute Gasteiger partial charge is 0.368 e. The number of Topliss-reactive ketones (excluding diaryl/α,β-unsaturated/α-hetero) is 1. The quantitative estimate of drug-likeness (QED) is 0.672. The third-order valence-corrected chi connectivity index (χ3v) is 3.54. The first-order valence-corrected chi connectivity index (χ1v) is 7.37. The molecule has 1 aromatic rings. The van der Waals surface area contributed by atoms with Crippen LogP contribution >= 0.6 is 0 Å². The molecular weight excluding hydrogens is 234 g/mol. The number of para-hydroxylation sites is 1. The van der Waals surface area contributed by atoms with E-state index in [1.165, 1.54) is 0 Å². The highest BCUT2D eigenvalue weighted by atomic mass is 16.1. The average molecular weight is 261 g/mol. The molecule has 2 heteroatoms. The molecule has 0 heterocycles. The van der Waals surface area contributed by atoms with Crippen molar-refractivity contribution in [2.24, 2.45) is 5.92 Å². The van der Waals surface area contributed by atoms with Gasteiger partial charge in [-0.15, -0.1) is 0 Å². The topological polar surface area (TPSA) is 20.3 Å². The second-order valence-electron chi connectivity index (χ2n) is 5.59. The molecular formula is C17H27NO. The number of carbonyl (C=O) groups is 1. The van der Waals surface area contributed by atoms with Crippen LogP contribution in [0.5, 0.6) is 0 Å². The zero-order valence-corrected chi connectivity index (χ0v) is 12.9. The Morgan fingerprint density at radius 1 is 1.16 bits per heavy atom. The van der Waals surface area contributed by atoms with E-state index in [9.17, 15) is 4.79 Å². The highest BCUT2D eigenvalue weighted by Gasteiger charge is 2.20. The first-order valence-electron chi connectivity index (χ1n) is 7.37. The van der Waals surface area contributed by atoms with E-state index in [1.807, 2.05) is 18.2 Å². The van der Waals surface area contributed by atoms with Gasteiger partial charge >= 0.3 is 0 Å². The van der Waals surface area contributed by atoms with Crippen LogP contribution in [0.2, 0.25) is 0 Å². The Morgan fingerprint density at radius 3 is 2.21 bits per heavy atom. The maximum absolute atomic E-state index is 11.8. The van der Waals surface area contributed by atoms with Crippen LogP contribution in [0.25, 0.3) is 0 Å². The van der Waals surface area contributed by atoms with Crippen LogP contribution in [0, 0.1) is 5.92 Å². The normalized spacial score (nSPS) is 11.1. The van der Waals surface area contributed by atoms with E-state index >= 15 is 0 Å². The molecule has 0 aliphatic rings. The molecule has 19 heavy (non-hydrogen) atoms. The Hall–Kier alpha value is -1.31. The lowest BCUT2D eigenvalue weighted by atomic mass is 10.0. The lowest BCUT2D eigenvalue weighted by molar-refractivity contribution is 0.101. The van der Waals surface area contributed by atoms with Gasteiger partial charge in [0.25, 0.3) is 0 Å². The summed E-state index contributed by atoms with van der Waals surface area (Å²) in [6.45, 7) is 11.5. The summed E-state index contributed by atoms with van der Waals surface area (Å²) in [7, 11) is 0. The smallest absolute Gasteiger partial charge is 0.161 e. The second kappa shape index (κ2) is 7.32. The Kier molecular flexibility index (Phi) is 6.07. The third-order valence-electron chi connectivity index (χ3n) is 3.54. The Labute approximate surface area is 117 Å². The van der Waals surface area contributed by atoms with E-state index in [4.69, 9.17) is 0 Å². The lowest BCUT2D eigenvalue weighted by Gasteiger charge is -2.35. The fourth-order valence-electron chi connectivity index (χ4n) is 2.59. The summed E-state index contributed by atoms with van der Waals surface area (Å²) in [6.07, 6.45) is 2.21. The minimum absolute atomic E-state index is 0.148. The van der Waals surface area contributed by atoms with Crippen molar-refractivity contribution in [2.75, 3.05) is 11.4 Å². The van der Waals surface area contributed by atoms with Crippen LogP contribution < -0.4 is 4.90 Å². The second-order valence-corrected chi connectivity index (χ2v) is 5.59. The summed E-state index contributed by atoms with van der Waals surface area (Å²) in [5.41, 5.74) is 1.94. The molecule has 0 amide bonds. The molecule has 0 aliphatic heterocycles. The summed E-state index contributed by atoms with van der Waals surface area (Å²) in [5.74, 6) is 0.732. The van der Waals surface area contributed by atoms with Gasteiger partial charge in [-0.1, -0.05) is 39.8 Å². The van der Waals surface area contributed by atoms with Crippen LogP contribution in [-0.4, -0.2) is 18.4 Å². The SMILES string of the molecule is CCC(CC)N(CC(C)C)c1ccccc1C(C)=O. The molecule has 1 aromatic carbocycles. The monoisotopic (exact) mass is 261 g/mol. The minimum atomic E-state index is 0.148. The Balaban J connectivity index is 3.20. The maximum atomic E-state index is 11.8. The van der Waals surface area contributed by atoms with Crippen LogP contribution in [0.1, 0.15) is 57.8 Å². The molecule has 0 N–H and O–H groups in total. The van der Waals surface area contributed by atoms with Crippen LogP contribution in [0.4, 0.5) is 5.69 Å². The first kappa shape index (κ1) is 15.7. The van der Waals surface area contributed by atoms with Gasteiger partial charge in [0.15, 0.2) is 5.78 Å². The standard InChI is InChI=1S/C17H27NO/c1-6-15(7-2)18(12-13(3)4)17-11-9-8-10-16(17)14(5)19/h8-11,13,15H,6-7,12H2,1-5H3. The van der Waals surface area contributed by atoms with Gasteiger partial charge in [-0.05, 0) is 37.8 Å². The molecule has 0 saturated heterocycles. The number of anilines is 1. The zero-order valence-electron chi connectivity index (χ0n) is 12.9. The van der Waals surface area contributed by atoms with Crippen molar-refractivity contribution < 1.29 is 4.79 Å². The van der Waals surface area contributed by atoms with Gasteiger partial charge in [-0.25, -0.2) is 0 Å². The molecule has 0 atom stereocenters. The van der Waals surface area contributed by atoms with Crippen molar-refractivity contribution in [2.45, 2.75) is 53.5 Å². The molecule has 2 nitrogen and oxygen atoms in total. The summed E-state index contributed by atoms with van der Waals surface area (Å²) in [6, 6.07) is 8.49. The fourth-order valence-corrected chi connectivity index (χ4v) is 2.59. The van der Waals surface area contributed by atoms with Gasteiger partial charge in [-0.3, -0.25) is 4.79 Å².